The van der Waals surface area contributed by atoms with Crippen molar-refractivity contribution in [1.82, 2.24) is 0 Å². The van der Waals surface area contributed by atoms with Crippen LogP contribution in [0.2, 0.25) is 0 Å². The Labute approximate surface area is 193 Å². The van der Waals surface area contributed by atoms with E-state index in [2.05, 4.69) is 0 Å². The summed E-state index contributed by atoms with van der Waals surface area (Å²) in [5.41, 5.74) is 0. The summed E-state index contributed by atoms with van der Waals surface area (Å²) < 4.78 is 65.1. The smallest absolute Gasteiger partial charge is 0.342 e. The van der Waals surface area contributed by atoms with Crippen LogP contribution in [0.25, 0.3) is 0 Å². The maximum absolute atomic E-state index is 12.7. The highest BCUT2D eigenvalue weighted by atomic mass is 32.2. The van der Waals surface area contributed by atoms with E-state index in [9.17, 15) is 21.6 Å². The minimum Gasteiger partial charge on any atom is -0.425 e. The lowest BCUT2D eigenvalue weighted by Crippen LogP contribution is -2.31. The number of hydrogen-bond acceptors (Lipinski definition) is 8. The molecule has 1 atom stereocenters. The zero-order chi connectivity index (χ0) is 23.7. The Morgan fingerprint density at radius 1 is 0.697 bits per heavy atom. The van der Waals surface area contributed by atoms with Gasteiger partial charge < -0.3 is 4.74 Å². The third-order valence-electron chi connectivity index (χ3n) is 4.38. The van der Waals surface area contributed by atoms with Crippen molar-refractivity contribution in [3.05, 3.63) is 91.0 Å². The lowest BCUT2D eigenvalue weighted by molar-refractivity contribution is -0.142. The van der Waals surface area contributed by atoms with Gasteiger partial charge in [-0.2, -0.15) is 16.8 Å². The molecule has 0 saturated carbocycles. The highest BCUT2D eigenvalue weighted by Crippen LogP contribution is 2.19. The predicted octanol–water partition coefficient (Wildman–Crippen LogP) is 3.55. The normalized spacial score (nSPS) is 12.7. The molecule has 174 valence electrons. The Kier molecular flexibility index (Phi) is 8.34. The highest BCUT2D eigenvalue weighted by molar-refractivity contribution is 7.87. The molecule has 3 aromatic rings. The van der Waals surface area contributed by atoms with Crippen LogP contribution < -0.4 is 4.74 Å². The number of carbonyl (C=O) groups excluding carboxylic acids is 1. The Morgan fingerprint density at radius 3 is 1.73 bits per heavy atom. The molecule has 10 heteroatoms. The largest absolute Gasteiger partial charge is 0.425 e. The van der Waals surface area contributed by atoms with E-state index >= 15 is 0 Å². The van der Waals surface area contributed by atoms with Crippen molar-refractivity contribution in [3.8, 4) is 5.75 Å². The van der Waals surface area contributed by atoms with Crippen LogP contribution in [0.15, 0.2) is 101 Å². The van der Waals surface area contributed by atoms with Gasteiger partial charge in [0.15, 0.2) is 6.10 Å². The number of ether oxygens (including phenoxy) is 1. The fourth-order valence-corrected chi connectivity index (χ4v) is 4.81. The lowest BCUT2D eigenvalue weighted by atomic mass is 10.2. The van der Waals surface area contributed by atoms with Crippen molar-refractivity contribution in [2.45, 2.75) is 28.7 Å². The molecule has 0 heterocycles. The molecule has 0 aromatic heterocycles. The van der Waals surface area contributed by atoms with E-state index in [0.29, 0.717) is 0 Å². The van der Waals surface area contributed by atoms with E-state index in [1.807, 2.05) is 0 Å². The molecule has 0 N–H and O–H groups in total. The van der Waals surface area contributed by atoms with Crippen LogP contribution >= 0.6 is 0 Å². The molecule has 0 amide bonds. The summed E-state index contributed by atoms with van der Waals surface area (Å²) in [5, 5.41) is 0. The molecule has 0 fully saturated rings. The zero-order valence-electron chi connectivity index (χ0n) is 17.4. The molecular formula is C23H22O8S2. The van der Waals surface area contributed by atoms with E-state index in [0.717, 1.165) is 0 Å². The fourth-order valence-electron chi connectivity index (χ4n) is 2.76. The second kappa shape index (κ2) is 11.2. The molecule has 0 aliphatic heterocycles. The summed E-state index contributed by atoms with van der Waals surface area (Å²) in [6, 6.07) is 23.1. The summed E-state index contributed by atoms with van der Waals surface area (Å²) in [5.74, 6) is -0.706. The van der Waals surface area contributed by atoms with Crippen LogP contribution in [-0.2, 0) is 33.4 Å². The zero-order valence-corrected chi connectivity index (χ0v) is 19.1. The van der Waals surface area contributed by atoms with Crippen LogP contribution in [0.1, 0.15) is 12.8 Å². The van der Waals surface area contributed by atoms with Gasteiger partial charge in [-0.1, -0.05) is 54.6 Å². The number of para-hydroxylation sites is 1. The summed E-state index contributed by atoms with van der Waals surface area (Å²) >= 11 is 0. The van der Waals surface area contributed by atoms with Gasteiger partial charge in [0.05, 0.1) is 16.4 Å². The van der Waals surface area contributed by atoms with E-state index < -0.39 is 32.3 Å². The summed E-state index contributed by atoms with van der Waals surface area (Å²) in [7, 11) is -8.25. The molecule has 0 spiro atoms. The third-order valence-corrected chi connectivity index (χ3v) is 7.04. The van der Waals surface area contributed by atoms with Crippen molar-refractivity contribution >= 4 is 26.2 Å². The Balaban J connectivity index is 1.68. The van der Waals surface area contributed by atoms with Crippen LogP contribution in [0.3, 0.4) is 0 Å². The Hall–Kier alpha value is -3.05. The molecule has 0 bridgehead atoms. The maximum Gasteiger partial charge on any atom is 0.342 e. The average molecular weight is 491 g/mol. The molecule has 0 radical (unpaired) electrons. The van der Waals surface area contributed by atoms with Crippen molar-refractivity contribution in [3.63, 3.8) is 0 Å². The standard InChI is InChI=1S/C23H22O8S2/c24-23(30-19-11-4-1-5-12-19)22(31-33(27,28)21-15-8-3-9-16-21)17-10-18-29-32(25,26)20-13-6-2-7-14-20/h1-9,11-16,22H,10,17-18H2. The molecule has 0 saturated heterocycles. The molecule has 3 aromatic carbocycles. The Bertz CT molecular complexity index is 1240. The minimum atomic E-state index is -4.27. The first-order chi connectivity index (χ1) is 15.8. The van der Waals surface area contributed by atoms with Crippen molar-refractivity contribution < 1.29 is 34.7 Å². The quantitative estimate of drug-likeness (QED) is 0.174. The predicted molar refractivity (Wildman–Crippen MR) is 119 cm³/mol. The van der Waals surface area contributed by atoms with Gasteiger partial charge in [0, 0.05) is 0 Å². The van der Waals surface area contributed by atoms with Crippen molar-refractivity contribution in [1.29, 1.82) is 0 Å². The van der Waals surface area contributed by atoms with E-state index in [1.165, 1.54) is 48.5 Å². The van der Waals surface area contributed by atoms with Gasteiger partial charge >= 0.3 is 5.97 Å². The van der Waals surface area contributed by atoms with Crippen molar-refractivity contribution in [2.24, 2.45) is 0 Å². The molecule has 0 aliphatic carbocycles. The van der Waals surface area contributed by atoms with Gasteiger partial charge in [-0.15, -0.1) is 0 Å². The van der Waals surface area contributed by atoms with Crippen molar-refractivity contribution in [2.75, 3.05) is 6.61 Å². The van der Waals surface area contributed by atoms with E-state index in [1.54, 1.807) is 42.5 Å². The summed E-state index contributed by atoms with van der Waals surface area (Å²) in [4.78, 5) is 12.5. The number of carbonyl (C=O) groups is 1. The van der Waals surface area contributed by atoms with Gasteiger partial charge in [-0.3, -0.25) is 8.37 Å². The average Bonchev–Trinajstić information content (AvgIpc) is 2.82. The highest BCUT2D eigenvalue weighted by Gasteiger charge is 2.29. The van der Waals surface area contributed by atoms with Gasteiger partial charge in [-0.05, 0) is 49.2 Å². The first-order valence-electron chi connectivity index (χ1n) is 9.97. The molecule has 3 rings (SSSR count). The maximum atomic E-state index is 12.7. The van der Waals surface area contributed by atoms with Crippen LogP contribution in [0.4, 0.5) is 0 Å². The molecule has 0 aliphatic rings. The first-order valence-corrected chi connectivity index (χ1v) is 12.8. The number of hydrogen-bond donors (Lipinski definition) is 0. The van der Waals surface area contributed by atoms with Crippen LogP contribution in [0, 0.1) is 0 Å². The first kappa shape index (κ1) is 24.6. The number of rotatable bonds is 11. The minimum absolute atomic E-state index is 0.00653. The molecule has 33 heavy (non-hydrogen) atoms. The van der Waals surface area contributed by atoms with Gasteiger partial charge in [0.1, 0.15) is 5.75 Å². The van der Waals surface area contributed by atoms with Gasteiger partial charge in [0.2, 0.25) is 0 Å². The second-order valence-electron chi connectivity index (χ2n) is 6.82. The van der Waals surface area contributed by atoms with E-state index in [-0.39, 0.29) is 35.0 Å². The topological polar surface area (TPSA) is 113 Å². The number of benzene rings is 3. The summed E-state index contributed by atoms with van der Waals surface area (Å²) in [6.45, 7) is -0.277. The molecular weight excluding hydrogens is 468 g/mol. The SMILES string of the molecule is O=C(Oc1ccccc1)C(CCCOS(=O)(=O)c1ccccc1)OS(=O)(=O)c1ccccc1. The Morgan fingerprint density at radius 2 is 1.18 bits per heavy atom. The van der Waals surface area contributed by atoms with E-state index in [4.69, 9.17) is 13.1 Å². The van der Waals surface area contributed by atoms with Gasteiger partial charge in [0.25, 0.3) is 20.2 Å². The number of esters is 1. The van der Waals surface area contributed by atoms with Crippen LogP contribution in [0.5, 0.6) is 5.75 Å². The molecule has 1 unspecified atom stereocenters. The summed E-state index contributed by atoms with van der Waals surface area (Å²) in [6.07, 6.45) is -1.63. The van der Waals surface area contributed by atoms with Gasteiger partial charge in [-0.25, -0.2) is 4.79 Å². The third kappa shape index (κ3) is 7.22. The lowest BCUT2D eigenvalue weighted by Gasteiger charge is -2.16. The van der Waals surface area contributed by atoms with Crippen LogP contribution in [-0.4, -0.2) is 35.5 Å². The molecule has 8 nitrogen and oxygen atoms in total. The fraction of sp³-hybridized carbons (Fsp3) is 0.174. The second-order valence-corrected chi connectivity index (χ2v) is 10.0. The monoisotopic (exact) mass is 490 g/mol.